The summed E-state index contributed by atoms with van der Waals surface area (Å²) in [5, 5.41) is 22.1. The minimum absolute atomic E-state index is 0.0521. The number of halogens is 2. The summed E-state index contributed by atoms with van der Waals surface area (Å²) in [6, 6.07) is 6.59. The van der Waals surface area contributed by atoms with Crippen LogP contribution in [-0.2, 0) is 6.42 Å². The highest BCUT2D eigenvalue weighted by atomic mass is 35.5. The van der Waals surface area contributed by atoms with Crippen molar-refractivity contribution in [1.29, 1.82) is 0 Å². The molecule has 2 rings (SSSR count). The molecule has 2 aromatic rings. The number of benzene rings is 2. The van der Waals surface area contributed by atoms with E-state index in [1.807, 2.05) is 13.8 Å². The predicted molar refractivity (Wildman–Crippen MR) is 100 cm³/mol. The van der Waals surface area contributed by atoms with E-state index < -0.39 is 11.0 Å². The molecule has 0 heterocycles. The lowest BCUT2D eigenvalue weighted by atomic mass is 9.98. The van der Waals surface area contributed by atoms with E-state index in [2.05, 4.69) is 0 Å². The Kier molecular flexibility index (Phi) is 6.94. The molecule has 140 valence electrons. The third kappa shape index (κ3) is 4.71. The molecule has 1 atom stereocenters. The molecular weight excluding hydrogens is 381 g/mol. The maximum atomic E-state index is 11.7. The molecule has 0 aliphatic carbocycles. The van der Waals surface area contributed by atoms with E-state index in [0.717, 1.165) is 0 Å². The van der Waals surface area contributed by atoms with Crippen LogP contribution in [0.1, 0.15) is 31.0 Å². The summed E-state index contributed by atoms with van der Waals surface area (Å²) in [4.78, 5) is 11.2. The Labute approximate surface area is 161 Å². The van der Waals surface area contributed by atoms with E-state index in [9.17, 15) is 15.2 Å². The molecule has 0 aromatic heterocycles. The van der Waals surface area contributed by atoms with Crippen molar-refractivity contribution in [3.8, 4) is 17.2 Å². The summed E-state index contributed by atoms with van der Waals surface area (Å²) in [5.41, 5.74) is 0.730. The first-order valence-electron chi connectivity index (χ1n) is 8.07. The Morgan fingerprint density at radius 3 is 2.38 bits per heavy atom. The third-order valence-corrected chi connectivity index (χ3v) is 4.23. The van der Waals surface area contributed by atoms with Crippen LogP contribution < -0.4 is 9.47 Å². The van der Waals surface area contributed by atoms with Gasteiger partial charge in [-0.3, -0.25) is 10.1 Å². The molecule has 2 aromatic carbocycles. The Morgan fingerprint density at radius 1 is 1.12 bits per heavy atom. The van der Waals surface area contributed by atoms with Crippen molar-refractivity contribution in [2.45, 2.75) is 26.3 Å². The third-order valence-electron chi connectivity index (χ3n) is 3.73. The van der Waals surface area contributed by atoms with Crippen molar-refractivity contribution >= 4 is 23.2 Å². The smallest absolute Gasteiger partial charge is 0.242 e. The number of phenolic OH excluding ortho intramolecular Hbond substituents is 1. The Morgan fingerprint density at radius 2 is 1.77 bits per heavy atom. The zero-order valence-electron chi connectivity index (χ0n) is 14.4. The second-order valence-corrected chi connectivity index (χ2v) is 6.32. The molecule has 8 heteroatoms. The highest BCUT2D eigenvalue weighted by molar-refractivity contribution is 6.35. The molecule has 0 fully saturated rings. The average Bonchev–Trinajstić information content (AvgIpc) is 2.58. The largest absolute Gasteiger partial charge is 0.506 e. The normalized spacial score (nSPS) is 11.8. The molecule has 26 heavy (non-hydrogen) atoms. The van der Waals surface area contributed by atoms with Gasteiger partial charge in [0.15, 0.2) is 11.5 Å². The van der Waals surface area contributed by atoms with E-state index in [0.29, 0.717) is 40.9 Å². The summed E-state index contributed by atoms with van der Waals surface area (Å²) in [7, 11) is 0. The lowest BCUT2D eigenvalue weighted by Gasteiger charge is -2.15. The maximum absolute atomic E-state index is 11.7. The van der Waals surface area contributed by atoms with Crippen LogP contribution in [0.3, 0.4) is 0 Å². The van der Waals surface area contributed by atoms with Crippen LogP contribution >= 0.6 is 23.2 Å². The number of ether oxygens (including phenoxy) is 2. The van der Waals surface area contributed by atoms with Crippen LogP contribution in [0.4, 0.5) is 0 Å². The number of phenols is 1. The lowest BCUT2D eigenvalue weighted by molar-refractivity contribution is -0.528. The maximum Gasteiger partial charge on any atom is 0.242 e. The quantitative estimate of drug-likeness (QED) is 0.495. The zero-order chi connectivity index (χ0) is 19.3. The number of hydrogen-bond acceptors (Lipinski definition) is 5. The number of nitro groups is 1. The summed E-state index contributed by atoms with van der Waals surface area (Å²) in [6.45, 7) is 4.51. The van der Waals surface area contributed by atoms with Gasteiger partial charge in [-0.1, -0.05) is 23.2 Å². The zero-order valence-corrected chi connectivity index (χ0v) is 15.9. The van der Waals surface area contributed by atoms with E-state index >= 15 is 0 Å². The van der Waals surface area contributed by atoms with Crippen LogP contribution in [0, 0.1) is 10.1 Å². The van der Waals surface area contributed by atoms with Gasteiger partial charge in [-0.2, -0.15) is 0 Å². The summed E-state index contributed by atoms with van der Waals surface area (Å²) < 4.78 is 11.0. The molecule has 0 unspecified atom stereocenters. The van der Waals surface area contributed by atoms with E-state index in [1.54, 1.807) is 18.2 Å². The standard InChI is InChI=1S/C18H19Cl2NO5/c1-3-25-16-6-5-11(9-17(16)26-4-2)15(21(23)24)8-12-7-13(19)10-14(20)18(12)22/h5-7,9-10,15,22H,3-4,8H2,1-2H3/t15-/m0/s1. The van der Waals surface area contributed by atoms with Gasteiger partial charge >= 0.3 is 0 Å². The monoisotopic (exact) mass is 399 g/mol. The molecule has 0 radical (unpaired) electrons. The van der Waals surface area contributed by atoms with Gasteiger partial charge in [-0.15, -0.1) is 0 Å². The van der Waals surface area contributed by atoms with Crippen molar-refractivity contribution in [1.82, 2.24) is 0 Å². The summed E-state index contributed by atoms with van der Waals surface area (Å²) >= 11 is 11.9. The Balaban J connectivity index is 2.41. The van der Waals surface area contributed by atoms with E-state index in [4.69, 9.17) is 32.7 Å². The molecule has 1 N–H and O–H groups in total. The highest BCUT2D eigenvalue weighted by Crippen LogP contribution is 2.37. The SMILES string of the molecule is CCOc1ccc([C@H](Cc2cc(Cl)cc(Cl)c2O)[N+](=O)[O-])cc1OCC. The summed E-state index contributed by atoms with van der Waals surface area (Å²) in [6.07, 6.45) is -0.0708. The predicted octanol–water partition coefficient (Wildman–Crippen LogP) is 5.06. The van der Waals surface area contributed by atoms with Crippen LogP contribution in [0.5, 0.6) is 17.2 Å². The van der Waals surface area contributed by atoms with Gasteiger partial charge in [0.1, 0.15) is 5.75 Å². The molecule has 0 amide bonds. The van der Waals surface area contributed by atoms with Gasteiger partial charge in [-0.25, -0.2) is 0 Å². The van der Waals surface area contributed by atoms with Crippen molar-refractivity contribution in [2.24, 2.45) is 0 Å². The fourth-order valence-electron chi connectivity index (χ4n) is 2.57. The molecule has 0 aliphatic heterocycles. The van der Waals surface area contributed by atoms with Gasteiger partial charge in [-0.05, 0) is 44.2 Å². The molecule has 0 saturated heterocycles. The number of rotatable bonds is 8. The Hall–Kier alpha value is -2.18. The fourth-order valence-corrected chi connectivity index (χ4v) is 3.11. The first-order chi connectivity index (χ1) is 12.4. The van der Waals surface area contributed by atoms with Crippen molar-refractivity contribution in [2.75, 3.05) is 13.2 Å². The molecule has 6 nitrogen and oxygen atoms in total. The highest BCUT2D eigenvalue weighted by Gasteiger charge is 2.27. The minimum atomic E-state index is -1.11. The molecule has 0 aliphatic rings. The summed E-state index contributed by atoms with van der Waals surface area (Å²) in [5.74, 6) is 0.750. The topological polar surface area (TPSA) is 81.8 Å². The van der Waals surface area contributed by atoms with Gasteiger partial charge < -0.3 is 14.6 Å². The van der Waals surface area contributed by atoms with E-state index in [-0.39, 0.29) is 17.2 Å². The molecule has 0 saturated carbocycles. The number of nitrogens with zero attached hydrogens (tertiary/aromatic N) is 1. The van der Waals surface area contributed by atoms with Crippen LogP contribution in [0.2, 0.25) is 10.0 Å². The fraction of sp³-hybridized carbons (Fsp3) is 0.333. The Bertz CT molecular complexity index is 797. The van der Waals surface area contributed by atoms with E-state index in [1.165, 1.54) is 12.1 Å². The van der Waals surface area contributed by atoms with Crippen molar-refractivity contribution in [3.63, 3.8) is 0 Å². The van der Waals surface area contributed by atoms with Gasteiger partial charge in [0.05, 0.1) is 18.2 Å². The minimum Gasteiger partial charge on any atom is -0.506 e. The number of hydrogen-bond donors (Lipinski definition) is 1. The van der Waals surface area contributed by atoms with Gasteiger partial charge in [0.2, 0.25) is 6.04 Å². The van der Waals surface area contributed by atoms with Gasteiger partial charge in [0, 0.05) is 27.5 Å². The first kappa shape index (κ1) is 20.1. The second-order valence-electron chi connectivity index (χ2n) is 5.47. The van der Waals surface area contributed by atoms with Crippen LogP contribution in [0.15, 0.2) is 30.3 Å². The van der Waals surface area contributed by atoms with Crippen molar-refractivity contribution in [3.05, 3.63) is 61.6 Å². The van der Waals surface area contributed by atoms with Crippen LogP contribution in [-0.4, -0.2) is 23.2 Å². The van der Waals surface area contributed by atoms with Gasteiger partial charge in [0.25, 0.3) is 0 Å². The average molecular weight is 400 g/mol. The molecular formula is C18H19Cl2NO5. The number of aromatic hydroxyl groups is 1. The lowest BCUT2D eigenvalue weighted by Crippen LogP contribution is -2.14. The molecule has 0 spiro atoms. The molecule has 0 bridgehead atoms. The van der Waals surface area contributed by atoms with Crippen molar-refractivity contribution < 1.29 is 19.5 Å². The van der Waals surface area contributed by atoms with Crippen LogP contribution in [0.25, 0.3) is 0 Å². The second kappa shape index (κ2) is 8.96. The first-order valence-corrected chi connectivity index (χ1v) is 8.82.